The van der Waals surface area contributed by atoms with Gasteiger partial charge in [-0.05, 0) is 31.5 Å². The SMILES string of the molecule is CCOC(=O)Nc1c(OC(F)(F)F)ccc(C(=O)NC2=NNNN2C)c1C. The number of hydrazine groups is 2. The minimum absolute atomic E-state index is 0.000627. The zero-order chi connectivity index (χ0) is 20.2. The van der Waals surface area contributed by atoms with Gasteiger partial charge in [-0.2, -0.15) is 0 Å². The van der Waals surface area contributed by atoms with Gasteiger partial charge in [0.2, 0.25) is 5.96 Å². The topological polar surface area (TPSA) is 116 Å². The van der Waals surface area contributed by atoms with Crippen molar-refractivity contribution in [3.63, 3.8) is 0 Å². The highest BCUT2D eigenvalue weighted by Crippen LogP contribution is 2.35. The van der Waals surface area contributed by atoms with E-state index in [9.17, 15) is 22.8 Å². The van der Waals surface area contributed by atoms with Crippen LogP contribution in [0.4, 0.5) is 23.7 Å². The van der Waals surface area contributed by atoms with Crippen LogP contribution < -0.4 is 26.4 Å². The minimum atomic E-state index is -4.99. The second kappa shape index (κ2) is 7.99. The van der Waals surface area contributed by atoms with Crippen molar-refractivity contribution in [1.29, 1.82) is 0 Å². The molecule has 0 spiro atoms. The maximum absolute atomic E-state index is 12.6. The molecular formula is C14H17F3N6O4. The summed E-state index contributed by atoms with van der Waals surface area (Å²) in [5, 5.41) is 9.76. The fraction of sp³-hybridized carbons (Fsp3) is 0.357. The molecule has 0 atom stereocenters. The molecule has 0 aromatic heterocycles. The molecule has 13 heteroatoms. The molecule has 2 amide bonds. The van der Waals surface area contributed by atoms with E-state index in [1.165, 1.54) is 18.9 Å². The third-order valence-corrected chi connectivity index (χ3v) is 3.32. The summed E-state index contributed by atoms with van der Waals surface area (Å²) in [6, 6.07) is 2.06. The Morgan fingerprint density at radius 3 is 2.56 bits per heavy atom. The van der Waals surface area contributed by atoms with Crippen LogP contribution in [0.2, 0.25) is 0 Å². The predicted octanol–water partition coefficient (Wildman–Crippen LogP) is 1.42. The Kier molecular flexibility index (Phi) is 5.95. The molecule has 2 rings (SSSR count). The lowest BCUT2D eigenvalue weighted by Crippen LogP contribution is -2.45. The number of rotatable bonds is 4. The highest BCUT2D eigenvalue weighted by atomic mass is 19.4. The average molecular weight is 390 g/mol. The summed E-state index contributed by atoms with van der Waals surface area (Å²) in [6.45, 7) is 2.90. The van der Waals surface area contributed by atoms with Crippen molar-refractivity contribution in [3.05, 3.63) is 23.3 Å². The summed E-state index contributed by atoms with van der Waals surface area (Å²) in [4.78, 5) is 24.1. The van der Waals surface area contributed by atoms with Crippen molar-refractivity contribution in [1.82, 2.24) is 21.4 Å². The summed E-state index contributed by atoms with van der Waals surface area (Å²) in [7, 11) is 1.57. The maximum atomic E-state index is 12.6. The summed E-state index contributed by atoms with van der Waals surface area (Å²) in [6.07, 6.45) is -5.97. The number of carbonyl (C=O) groups is 2. The summed E-state index contributed by atoms with van der Waals surface area (Å²) < 4.78 is 46.5. The normalized spacial score (nSPS) is 13.6. The molecule has 0 saturated carbocycles. The van der Waals surface area contributed by atoms with E-state index in [-0.39, 0.29) is 29.4 Å². The van der Waals surface area contributed by atoms with Crippen molar-refractivity contribution < 1.29 is 32.2 Å². The zero-order valence-electron chi connectivity index (χ0n) is 14.5. The van der Waals surface area contributed by atoms with E-state index in [1.54, 1.807) is 7.05 Å². The van der Waals surface area contributed by atoms with Crippen LogP contribution in [0.3, 0.4) is 0 Å². The van der Waals surface area contributed by atoms with Gasteiger partial charge in [0.15, 0.2) is 5.75 Å². The Bertz CT molecular complexity index is 768. The second-order valence-electron chi connectivity index (χ2n) is 5.18. The fourth-order valence-electron chi connectivity index (χ4n) is 2.13. The fourth-order valence-corrected chi connectivity index (χ4v) is 2.13. The van der Waals surface area contributed by atoms with E-state index in [0.717, 1.165) is 12.1 Å². The van der Waals surface area contributed by atoms with E-state index in [4.69, 9.17) is 0 Å². The number of amides is 2. The molecule has 0 unspecified atom stereocenters. The molecule has 1 heterocycles. The number of benzene rings is 1. The number of nitrogens with one attached hydrogen (secondary N) is 4. The standard InChI is InChI=1S/C14H17F3N6O4/c1-4-26-13(25)18-10-7(2)8(5-6-9(10)27-14(15,16)17)11(24)19-12-20-21-22-23(12)3/h5-6,21-22H,4H2,1-3H3,(H,18,25)(H,19,20,24). The first kappa shape index (κ1) is 20.1. The lowest BCUT2D eigenvalue weighted by Gasteiger charge is -2.18. The average Bonchev–Trinajstić information content (AvgIpc) is 2.95. The van der Waals surface area contributed by atoms with Crippen LogP contribution in [0.25, 0.3) is 0 Å². The molecule has 1 aromatic carbocycles. The molecule has 1 aliphatic rings. The van der Waals surface area contributed by atoms with Gasteiger partial charge in [-0.15, -0.1) is 23.8 Å². The number of anilines is 1. The van der Waals surface area contributed by atoms with Gasteiger partial charge in [0.05, 0.1) is 12.3 Å². The van der Waals surface area contributed by atoms with Crippen molar-refractivity contribution in [2.45, 2.75) is 20.2 Å². The molecule has 0 saturated heterocycles. The van der Waals surface area contributed by atoms with Gasteiger partial charge >= 0.3 is 12.5 Å². The highest BCUT2D eigenvalue weighted by molar-refractivity contribution is 6.07. The highest BCUT2D eigenvalue weighted by Gasteiger charge is 2.33. The Balaban J connectivity index is 2.35. The van der Waals surface area contributed by atoms with Gasteiger partial charge < -0.3 is 9.47 Å². The molecule has 0 aliphatic carbocycles. The third kappa shape index (κ3) is 5.13. The van der Waals surface area contributed by atoms with E-state index in [1.807, 2.05) is 0 Å². The number of hydrogen-bond acceptors (Lipinski definition) is 8. The van der Waals surface area contributed by atoms with Crippen LogP contribution in [0, 0.1) is 6.92 Å². The van der Waals surface area contributed by atoms with Gasteiger partial charge in [-0.1, -0.05) is 0 Å². The lowest BCUT2D eigenvalue weighted by molar-refractivity contribution is -0.274. The van der Waals surface area contributed by atoms with E-state index in [2.05, 4.69) is 36.3 Å². The van der Waals surface area contributed by atoms with E-state index in [0.29, 0.717) is 0 Å². The number of guanidine groups is 1. The van der Waals surface area contributed by atoms with Crippen LogP contribution in [-0.2, 0) is 4.74 Å². The second-order valence-corrected chi connectivity index (χ2v) is 5.18. The van der Waals surface area contributed by atoms with Gasteiger partial charge in [0.25, 0.3) is 5.91 Å². The van der Waals surface area contributed by atoms with E-state index >= 15 is 0 Å². The van der Waals surface area contributed by atoms with Gasteiger partial charge in [0, 0.05) is 12.6 Å². The molecule has 10 nitrogen and oxygen atoms in total. The van der Waals surface area contributed by atoms with Crippen LogP contribution >= 0.6 is 0 Å². The monoisotopic (exact) mass is 390 g/mol. The predicted molar refractivity (Wildman–Crippen MR) is 87.4 cm³/mol. The summed E-state index contributed by atoms with van der Waals surface area (Å²) >= 11 is 0. The van der Waals surface area contributed by atoms with Crippen molar-refractivity contribution in [2.24, 2.45) is 5.10 Å². The zero-order valence-corrected chi connectivity index (χ0v) is 14.5. The van der Waals surface area contributed by atoms with Gasteiger partial charge in [0.1, 0.15) is 0 Å². The number of alkyl halides is 3. The third-order valence-electron chi connectivity index (χ3n) is 3.32. The number of nitrogens with zero attached hydrogens (tertiary/aromatic N) is 2. The Labute approximate surface area is 151 Å². The number of carbonyl (C=O) groups excluding carboxylic acids is 2. The molecule has 148 valence electrons. The molecule has 1 aromatic rings. The van der Waals surface area contributed by atoms with Crippen LogP contribution in [0.15, 0.2) is 17.2 Å². The first-order valence-corrected chi connectivity index (χ1v) is 7.59. The smallest absolute Gasteiger partial charge is 0.450 e. The molecule has 1 aliphatic heterocycles. The summed E-state index contributed by atoms with van der Waals surface area (Å²) in [5.74, 6) is -1.20. The van der Waals surface area contributed by atoms with Crippen LogP contribution in [-0.4, -0.2) is 43.0 Å². The Morgan fingerprint density at radius 1 is 1.30 bits per heavy atom. The molecule has 0 radical (unpaired) electrons. The van der Waals surface area contributed by atoms with E-state index < -0.39 is 24.1 Å². The number of hydrazone groups is 1. The Hall–Kier alpha value is -3.22. The van der Waals surface area contributed by atoms with Gasteiger partial charge in [-0.3, -0.25) is 20.4 Å². The maximum Gasteiger partial charge on any atom is 0.573 e. The van der Waals surface area contributed by atoms with Crippen LogP contribution in [0.5, 0.6) is 5.75 Å². The lowest BCUT2D eigenvalue weighted by atomic mass is 10.0. The quantitative estimate of drug-likeness (QED) is 0.614. The van der Waals surface area contributed by atoms with Gasteiger partial charge in [-0.25, -0.2) is 10.3 Å². The Morgan fingerprint density at radius 2 is 2.00 bits per heavy atom. The number of ether oxygens (including phenoxy) is 2. The van der Waals surface area contributed by atoms with Crippen molar-refractivity contribution in [3.8, 4) is 5.75 Å². The molecular weight excluding hydrogens is 373 g/mol. The largest absolute Gasteiger partial charge is 0.573 e. The number of halogens is 3. The molecule has 0 bridgehead atoms. The number of hydrogen-bond donors (Lipinski definition) is 4. The first-order chi connectivity index (χ1) is 12.6. The molecule has 0 fully saturated rings. The minimum Gasteiger partial charge on any atom is -0.450 e. The first-order valence-electron chi connectivity index (χ1n) is 7.59. The molecule has 27 heavy (non-hydrogen) atoms. The van der Waals surface area contributed by atoms with Crippen molar-refractivity contribution in [2.75, 3.05) is 19.0 Å². The van der Waals surface area contributed by atoms with Crippen LogP contribution in [0.1, 0.15) is 22.8 Å². The summed E-state index contributed by atoms with van der Waals surface area (Å²) in [5.41, 5.74) is 4.69. The molecule has 4 N–H and O–H groups in total. The van der Waals surface area contributed by atoms with Crippen molar-refractivity contribution >= 4 is 23.6 Å².